The summed E-state index contributed by atoms with van der Waals surface area (Å²) in [6.45, 7) is 8.94. The second-order valence-corrected chi connectivity index (χ2v) is 6.24. The number of rotatable bonds is 6. The second kappa shape index (κ2) is 7.54. The molecule has 19 heavy (non-hydrogen) atoms. The topological polar surface area (TPSA) is 29.1 Å². The summed E-state index contributed by atoms with van der Waals surface area (Å²) in [5, 5.41) is 2.92. The number of carbonyl (C=O) groups is 1. The number of nitrogens with one attached hydrogen (secondary N) is 1. The van der Waals surface area contributed by atoms with Gasteiger partial charge >= 0.3 is 0 Å². The van der Waals surface area contributed by atoms with E-state index >= 15 is 0 Å². The van der Waals surface area contributed by atoms with Gasteiger partial charge < -0.3 is 5.32 Å². The van der Waals surface area contributed by atoms with Gasteiger partial charge in [-0.25, -0.2) is 0 Å². The zero-order valence-corrected chi connectivity index (χ0v) is 13.1. The molecule has 0 aliphatic rings. The Kier molecular flexibility index (Phi) is 6.36. The van der Waals surface area contributed by atoms with Crippen molar-refractivity contribution in [2.24, 2.45) is 5.92 Å². The summed E-state index contributed by atoms with van der Waals surface area (Å²) in [5.41, 5.74) is 3.53. The summed E-state index contributed by atoms with van der Waals surface area (Å²) in [6.07, 6.45) is 1.35. The first-order valence-corrected chi connectivity index (χ1v) is 7.29. The number of benzene rings is 1. The standard InChI is InChI=1S/C16H24ClNO/c1-11(2)7-15(17)10-18-16(19)9-14-6-5-12(3)13(4)8-14/h5-6,8,11,15H,7,9-10H2,1-4H3,(H,18,19). The Morgan fingerprint density at radius 1 is 1.26 bits per heavy atom. The Morgan fingerprint density at radius 2 is 1.95 bits per heavy atom. The SMILES string of the molecule is Cc1ccc(CC(=O)NCC(Cl)CC(C)C)cc1C. The van der Waals surface area contributed by atoms with Crippen LogP contribution in [0.5, 0.6) is 0 Å². The normalized spacial score (nSPS) is 12.5. The van der Waals surface area contributed by atoms with Gasteiger partial charge in [0, 0.05) is 6.54 Å². The highest BCUT2D eigenvalue weighted by Crippen LogP contribution is 2.11. The van der Waals surface area contributed by atoms with Gasteiger partial charge in [-0.05, 0) is 42.9 Å². The number of carbonyl (C=O) groups excluding carboxylic acids is 1. The van der Waals surface area contributed by atoms with Gasteiger partial charge in [-0.15, -0.1) is 11.6 Å². The largest absolute Gasteiger partial charge is 0.354 e. The molecule has 1 aromatic carbocycles. The van der Waals surface area contributed by atoms with Crippen molar-refractivity contribution in [2.45, 2.75) is 45.9 Å². The minimum atomic E-state index is 0.0173. The first kappa shape index (κ1) is 16.0. The molecule has 1 amide bonds. The van der Waals surface area contributed by atoms with Gasteiger partial charge in [0.25, 0.3) is 0 Å². The van der Waals surface area contributed by atoms with Gasteiger partial charge in [0.15, 0.2) is 0 Å². The van der Waals surface area contributed by atoms with Crippen LogP contribution in [0, 0.1) is 19.8 Å². The first-order valence-electron chi connectivity index (χ1n) is 6.85. The van der Waals surface area contributed by atoms with Crippen LogP contribution in [0.2, 0.25) is 0 Å². The average Bonchev–Trinajstić information content (AvgIpc) is 2.30. The molecular weight excluding hydrogens is 258 g/mol. The van der Waals surface area contributed by atoms with Crippen molar-refractivity contribution in [3.05, 3.63) is 34.9 Å². The van der Waals surface area contributed by atoms with Crippen LogP contribution in [-0.4, -0.2) is 17.8 Å². The molecule has 0 aliphatic heterocycles. The van der Waals surface area contributed by atoms with Crippen molar-refractivity contribution >= 4 is 17.5 Å². The predicted octanol–water partition coefficient (Wildman–Crippen LogP) is 3.62. The number of halogens is 1. The first-order chi connectivity index (χ1) is 8.88. The van der Waals surface area contributed by atoms with Crippen LogP contribution in [-0.2, 0) is 11.2 Å². The molecule has 1 unspecified atom stereocenters. The molecule has 0 heterocycles. The van der Waals surface area contributed by atoms with E-state index in [2.05, 4.69) is 45.1 Å². The van der Waals surface area contributed by atoms with Crippen molar-refractivity contribution in [3.63, 3.8) is 0 Å². The zero-order valence-electron chi connectivity index (χ0n) is 12.3. The molecule has 0 saturated heterocycles. The number of hydrogen-bond acceptors (Lipinski definition) is 1. The van der Waals surface area contributed by atoms with Crippen molar-refractivity contribution in [1.29, 1.82) is 0 Å². The molecule has 0 fully saturated rings. The van der Waals surface area contributed by atoms with E-state index in [1.807, 2.05) is 6.07 Å². The summed E-state index contributed by atoms with van der Waals surface area (Å²) in [4.78, 5) is 11.8. The van der Waals surface area contributed by atoms with Crippen LogP contribution in [0.25, 0.3) is 0 Å². The quantitative estimate of drug-likeness (QED) is 0.793. The van der Waals surface area contributed by atoms with E-state index in [1.165, 1.54) is 11.1 Å². The number of amides is 1. The van der Waals surface area contributed by atoms with Gasteiger partial charge in [-0.2, -0.15) is 0 Å². The smallest absolute Gasteiger partial charge is 0.224 e. The van der Waals surface area contributed by atoms with Crippen molar-refractivity contribution in [3.8, 4) is 0 Å². The lowest BCUT2D eigenvalue weighted by Gasteiger charge is -2.13. The number of aryl methyl sites for hydroxylation is 2. The summed E-state index contributed by atoms with van der Waals surface area (Å²) in [7, 11) is 0. The molecule has 1 rings (SSSR count). The van der Waals surface area contributed by atoms with E-state index in [0.717, 1.165) is 12.0 Å². The third-order valence-electron chi connectivity index (χ3n) is 3.18. The molecule has 3 heteroatoms. The summed E-state index contributed by atoms with van der Waals surface area (Å²) < 4.78 is 0. The Hall–Kier alpha value is -1.02. The third kappa shape index (κ3) is 6.11. The van der Waals surface area contributed by atoms with Crippen molar-refractivity contribution in [1.82, 2.24) is 5.32 Å². The molecule has 0 bridgehead atoms. The zero-order chi connectivity index (χ0) is 14.4. The fraction of sp³-hybridized carbons (Fsp3) is 0.562. The predicted molar refractivity (Wildman–Crippen MR) is 81.7 cm³/mol. The molecule has 106 valence electrons. The van der Waals surface area contributed by atoms with E-state index in [4.69, 9.17) is 11.6 Å². The van der Waals surface area contributed by atoms with Gasteiger partial charge in [0.2, 0.25) is 5.91 Å². The molecular formula is C16H24ClNO. The van der Waals surface area contributed by atoms with Crippen LogP contribution in [0.4, 0.5) is 0 Å². The summed E-state index contributed by atoms with van der Waals surface area (Å²) in [6, 6.07) is 6.14. The van der Waals surface area contributed by atoms with Crippen LogP contribution in [0.15, 0.2) is 18.2 Å². The maximum Gasteiger partial charge on any atom is 0.224 e. The lowest BCUT2D eigenvalue weighted by molar-refractivity contribution is -0.120. The Labute approximate surface area is 121 Å². The monoisotopic (exact) mass is 281 g/mol. The second-order valence-electron chi connectivity index (χ2n) is 5.63. The molecule has 1 aromatic rings. The Morgan fingerprint density at radius 3 is 2.53 bits per heavy atom. The molecule has 0 spiro atoms. The highest BCUT2D eigenvalue weighted by Gasteiger charge is 2.10. The molecule has 0 saturated carbocycles. The summed E-state index contributed by atoms with van der Waals surface area (Å²) in [5.74, 6) is 0.594. The molecule has 1 N–H and O–H groups in total. The van der Waals surface area contributed by atoms with Gasteiger partial charge in [-0.1, -0.05) is 32.0 Å². The lowest BCUT2D eigenvalue weighted by Crippen LogP contribution is -2.31. The number of alkyl halides is 1. The molecule has 0 aromatic heterocycles. The van der Waals surface area contributed by atoms with Crippen LogP contribution < -0.4 is 5.32 Å². The lowest BCUT2D eigenvalue weighted by atomic mass is 10.0. The highest BCUT2D eigenvalue weighted by molar-refractivity contribution is 6.20. The van der Waals surface area contributed by atoms with E-state index in [1.54, 1.807) is 0 Å². The Bertz CT molecular complexity index is 429. The highest BCUT2D eigenvalue weighted by atomic mass is 35.5. The van der Waals surface area contributed by atoms with Crippen LogP contribution in [0.1, 0.15) is 37.0 Å². The molecule has 2 nitrogen and oxygen atoms in total. The average molecular weight is 282 g/mol. The minimum absolute atomic E-state index is 0.0173. The van der Waals surface area contributed by atoms with E-state index in [9.17, 15) is 4.79 Å². The van der Waals surface area contributed by atoms with Gasteiger partial charge in [-0.3, -0.25) is 4.79 Å². The van der Waals surface area contributed by atoms with E-state index in [-0.39, 0.29) is 11.3 Å². The maximum absolute atomic E-state index is 11.8. The van der Waals surface area contributed by atoms with Crippen LogP contribution >= 0.6 is 11.6 Å². The third-order valence-corrected chi connectivity index (χ3v) is 3.52. The molecule has 0 radical (unpaired) electrons. The minimum Gasteiger partial charge on any atom is -0.354 e. The number of hydrogen-bond donors (Lipinski definition) is 1. The Balaban J connectivity index is 2.40. The van der Waals surface area contributed by atoms with E-state index in [0.29, 0.717) is 18.9 Å². The fourth-order valence-electron chi connectivity index (χ4n) is 1.98. The molecule has 0 aliphatic carbocycles. The van der Waals surface area contributed by atoms with Crippen molar-refractivity contribution < 1.29 is 4.79 Å². The maximum atomic E-state index is 11.8. The summed E-state index contributed by atoms with van der Waals surface area (Å²) >= 11 is 6.15. The van der Waals surface area contributed by atoms with Crippen molar-refractivity contribution in [2.75, 3.05) is 6.54 Å². The van der Waals surface area contributed by atoms with Gasteiger partial charge in [0.1, 0.15) is 0 Å². The molecule has 1 atom stereocenters. The van der Waals surface area contributed by atoms with Gasteiger partial charge in [0.05, 0.1) is 11.8 Å². The van der Waals surface area contributed by atoms with Crippen LogP contribution in [0.3, 0.4) is 0 Å². The van der Waals surface area contributed by atoms with E-state index < -0.39 is 0 Å². The fourth-order valence-corrected chi connectivity index (χ4v) is 2.41.